The van der Waals surface area contributed by atoms with Crippen LogP contribution in [0, 0.1) is 42.2 Å². The number of carbonyl (C=O) groups excluding carboxylic acids is 2. The van der Waals surface area contributed by atoms with E-state index in [2.05, 4.69) is 60.4 Å². The third-order valence-electron chi connectivity index (χ3n) is 4.05. The van der Waals surface area contributed by atoms with Crippen molar-refractivity contribution in [3.63, 3.8) is 0 Å². The molecule has 0 amide bonds. The van der Waals surface area contributed by atoms with Gasteiger partial charge in [-0.2, -0.15) is 102 Å². The Morgan fingerprint density at radius 1 is 0.675 bits per heavy atom. The van der Waals surface area contributed by atoms with Gasteiger partial charge in [0.25, 0.3) is 0 Å². The van der Waals surface area contributed by atoms with Crippen LogP contribution in [0.15, 0.2) is 97.1 Å². The Hall–Kier alpha value is -4.59. The zero-order valence-electron chi connectivity index (χ0n) is 20.7. The molecular weight excluding hydrogens is 602 g/mol. The van der Waals surface area contributed by atoms with Gasteiger partial charge >= 0.3 is 51.0 Å². The van der Waals surface area contributed by atoms with Crippen LogP contribution < -0.4 is 9.47 Å². The van der Waals surface area contributed by atoms with Crippen LogP contribution >= 0.6 is 0 Å². The first-order valence-electron chi connectivity index (χ1n) is 10.9. The molecule has 0 heterocycles. The summed E-state index contributed by atoms with van der Waals surface area (Å²) in [5, 5.41) is 8.27. The molecule has 4 aromatic carbocycles. The fraction of sp³-hybridized carbons (Fsp3) is 0.0667. The number of benzene rings is 4. The van der Waals surface area contributed by atoms with E-state index in [1.807, 2.05) is 6.07 Å². The van der Waals surface area contributed by atoms with Crippen molar-refractivity contribution < 1.29 is 58.1 Å². The van der Waals surface area contributed by atoms with Crippen LogP contribution in [0.2, 0.25) is 0 Å². The Labute approximate surface area is 249 Å². The number of ether oxygens (including phenoxy) is 2. The molecule has 0 aromatic heterocycles. The maximum atomic E-state index is 11.5. The van der Waals surface area contributed by atoms with Gasteiger partial charge in [-0.05, 0) is 0 Å². The first-order chi connectivity index (χ1) is 19.6. The molecule has 0 radical (unpaired) electrons. The molecule has 4 rings (SSSR count). The van der Waals surface area contributed by atoms with Crippen LogP contribution in [0.3, 0.4) is 0 Å². The van der Waals surface area contributed by atoms with E-state index in [1.54, 1.807) is 97.1 Å². The van der Waals surface area contributed by atoms with Crippen molar-refractivity contribution in [3.05, 3.63) is 138 Å². The van der Waals surface area contributed by atoms with Gasteiger partial charge < -0.3 is 9.47 Å². The first-order valence-corrected chi connectivity index (χ1v) is 11.8. The third kappa shape index (κ3) is 17.8. The van der Waals surface area contributed by atoms with Crippen LogP contribution in [0.5, 0.6) is 11.5 Å². The van der Waals surface area contributed by atoms with Crippen LogP contribution in [-0.2, 0) is 48.7 Å². The molecule has 0 aliphatic rings. The third-order valence-corrected chi connectivity index (χ3v) is 4.05. The van der Waals surface area contributed by atoms with Crippen molar-refractivity contribution in [2.75, 3.05) is 0 Å². The molecule has 208 valence electrons. The van der Waals surface area contributed by atoms with Crippen molar-refractivity contribution >= 4 is 17.6 Å². The van der Waals surface area contributed by atoms with Crippen LogP contribution in [0.1, 0.15) is 18.4 Å². The van der Waals surface area contributed by atoms with E-state index in [0.29, 0.717) is 22.7 Å². The molecular formula is C30H20Co2N2O6-4. The average molecular weight is 622 g/mol. The van der Waals surface area contributed by atoms with E-state index in [1.165, 1.54) is 0 Å². The summed E-state index contributed by atoms with van der Waals surface area (Å²) < 4.78 is 26.0. The summed E-state index contributed by atoms with van der Waals surface area (Å²) in [6.07, 6.45) is -0.0627. The minimum absolute atomic E-state index is 0.0313. The second kappa shape index (κ2) is 24.7. The molecule has 40 heavy (non-hydrogen) atoms. The molecule has 0 aliphatic heterocycles. The summed E-state index contributed by atoms with van der Waals surface area (Å²) >= 11 is 4.62. The second-order valence-electron chi connectivity index (χ2n) is 6.69. The number of rotatable bonds is 5. The SMILES string of the molecule is N#Cc1cc[c-]cc1.O=C(CCC(=O)Oc1cc[c-]cc1)Oc1cc[c-]cc1.[C-]#[N+]c1cc[c-]cc1.[O]=[Co].[O]=[Co]. The normalized spacial score (nSPS) is 8.30. The fourth-order valence-electron chi connectivity index (χ4n) is 2.36. The van der Waals surface area contributed by atoms with E-state index in [9.17, 15) is 9.59 Å². The van der Waals surface area contributed by atoms with Crippen molar-refractivity contribution in [2.45, 2.75) is 12.8 Å². The number of nitrogens with zero attached hydrogens (tertiary/aromatic N) is 2. The van der Waals surface area contributed by atoms with Gasteiger partial charge in [0, 0.05) is 11.5 Å². The Kier molecular flexibility index (Phi) is 21.9. The molecule has 0 bridgehead atoms. The van der Waals surface area contributed by atoms with Gasteiger partial charge in [0.2, 0.25) is 0 Å². The van der Waals surface area contributed by atoms with Gasteiger partial charge in [-0.3, -0.25) is 14.4 Å². The van der Waals surface area contributed by atoms with Gasteiger partial charge in [-0.25, -0.2) is 0 Å². The molecule has 0 saturated heterocycles. The number of nitriles is 1. The molecule has 0 aliphatic carbocycles. The molecule has 0 saturated carbocycles. The Balaban J connectivity index is 0.000000625. The van der Waals surface area contributed by atoms with Crippen LogP contribution in [0.25, 0.3) is 4.85 Å². The first kappa shape index (κ1) is 35.4. The van der Waals surface area contributed by atoms with E-state index >= 15 is 0 Å². The molecule has 8 nitrogen and oxygen atoms in total. The number of hydrogen-bond acceptors (Lipinski definition) is 7. The molecule has 0 unspecified atom stereocenters. The van der Waals surface area contributed by atoms with Gasteiger partial charge in [0.1, 0.15) is 0 Å². The summed E-state index contributed by atoms with van der Waals surface area (Å²) in [6, 6.07) is 40.1. The summed E-state index contributed by atoms with van der Waals surface area (Å²) in [5.41, 5.74) is 1.35. The minimum atomic E-state index is -0.477. The maximum absolute atomic E-state index is 11.5. The molecule has 0 atom stereocenters. The van der Waals surface area contributed by atoms with Crippen molar-refractivity contribution in [1.29, 1.82) is 5.26 Å². The number of esters is 2. The summed E-state index contributed by atoms with van der Waals surface area (Å²) in [4.78, 5) is 26.2. The van der Waals surface area contributed by atoms with Crippen molar-refractivity contribution in [1.82, 2.24) is 0 Å². The quantitative estimate of drug-likeness (QED) is 0.159. The fourth-order valence-corrected chi connectivity index (χ4v) is 2.36. The molecule has 0 fully saturated rings. The Morgan fingerprint density at radius 3 is 1.27 bits per heavy atom. The number of carbonyl (C=O) groups is 2. The predicted octanol–water partition coefficient (Wildman–Crippen LogP) is 5.73. The van der Waals surface area contributed by atoms with Crippen molar-refractivity contribution in [3.8, 4) is 17.6 Å². The zero-order valence-corrected chi connectivity index (χ0v) is 22.7. The van der Waals surface area contributed by atoms with Crippen molar-refractivity contribution in [2.24, 2.45) is 0 Å². The van der Waals surface area contributed by atoms with Gasteiger partial charge in [-0.1, -0.05) is 5.56 Å². The van der Waals surface area contributed by atoms with E-state index < -0.39 is 11.9 Å². The standard InChI is InChI=1S/C16H12O4.2C7H4N.2Co.2O/c17-15(19-13-7-3-1-4-8-13)11-12-16(18)20-14-9-5-2-6-10-14;1-8-7-5-3-2-4-6-7;8-6-7-4-2-1-3-5-7;;;;/h3-10H,11-12H2;3-6H;2-5H;;;;/q-2;2*-1;;;;. The van der Waals surface area contributed by atoms with E-state index in [0.717, 1.165) is 0 Å². The van der Waals surface area contributed by atoms with E-state index in [-0.39, 0.29) is 12.8 Å². The van der Waals surface area contributed by atoms with Gasteiger partial charge in [0.15, 0.2) is 0 Å². The molecule has 10 heteroatoms. The Bertz CT molecular complexity index is 1210. The molecule has 0 N–H and O–H groups in total. The summed E-state index contributed by atoms with van der Waals surface area (Å²) in [7, 11) is 0. The second-order valence-corrected chi connectivity index (χ2v) is 6.69. The molecule has 4 aromatic rings. The van der Waals surface area contributed by atoms with E-state index in [4.69, 9.17) is 29.0 Å². The Morgan fingerprint density at radius 2 is 1.00 bits per heavy atom. The molecule has 0 spiro atoms. The summed E-state index contributed by atoms with van der Waals surface area (Å²) in [5.74, 6) is -0.0921. The monoisotopic (exact) mass is 622 g/mol. The average Bonchev–Trinajstić information content (AvgIpc) is 3.04. The predicted molar refractivity (Wildman–Crippen MR) is 134 cm³/mol. The van der Waals surface area contributed by atoms with Crippen LogP contribution in [-0.4, -0.2) is 11.9 Å². The summed E-state index contributed by atoms with van der Waals surface area (Å²) in [6.45, 7) is 6.55. The van der Waals surface area contributed by atoms with Gasteiger partial charge in [-0.15, -0.1) is 24.3 Å². The topological polar surface area (TPSA) is 115 Å². The van der Waals surface area contributed by atoms with Gasteiger partial charge in [0.05, 0.1) is 31.2 Å². The zero-order chi connectivity index (χ0) is 29.8. The van der Waals surface area contributed by atoms with Crippen LogP contribution in [0.4, 0.5) is 5.69 Å². The number of hydrogen-bond donors (Lipinski definition) is 0.